The summed E-state index contributed by atoms with van der Waals surface area (Å²) in [5, 5.41) is 7.94. The number of rotatable bonds is 5. The Kier molecular flexibility index (Phi) is 4.78. The lowest BCUT2D eigenvalue weighted by Crippen LogP contribution is -2.18. The Balaban J connectivity index is 2.42. The molecule has 19 heavy (non-hydrogen) atoms. The molecule has 0 saturated heterocycles. The van der Waals surface area contributed by atoms with Crippen LogP contribution in [-0.4, -0.2) is 7.05 Å². The van der Waals surface area contributed by atoms with E-state index in [4.69, 9.17) is 0 Å². The highest BCUT2D eigenvalue weighted by Crippen LogP contribution is 2.28. The highest BCUT2D eigenvalue weighted by atomic mass is 32.1. The summed E-state index contributed by atoms with van der Waals surface area (Å²) in [5.41, 5.74) is 7.11. The van der Waals surface area contributed by atoms with E-state index in [0.717, 1.165) is 12.8 Å². The summed E-state index contributed by atoms with van der Waals surface area (Å²) in [6, 6.07) is 7.25. The zero-order chi connectivity index (χ0) is 13.8. The molecular formula is C17H23NS. The minimum Gasteiger partial charge on any atom is -0.309 e. The van der Waals surface area contributed by atoms with E-state index in [1.165, 1.54) is 27.8 Å². The van der Waals surface area contributed by atoms with Crippen LogP contribution in [-0.2, 0) is 12.8 Å². The minimum atomic E-state index is 0.308. The lowest BCUT2D eigenvalue weighted by Gasteiger charge is -2.19. The van der Waals surface area contributed by atoms with E-state index in [1.54, 1.807) is 11.3 Å². The van der Waals surface area contributed by atoms with Crippen molar-refractivity contribution in [2.45, 2.75) is 39.7 Å². The Morgan fingerprint density at radius 2 is 1.84 bits per heavy atom. The molecule has 1 nitrogen and oxygen atoms in total. The molecule has 0 aliphatic rings. The van der Waals surface area contributed by atoms with Gasteiger partial charge in [0.1, 0.15) is 0 Å². The predicted molar refractivity (Wildman–Crippen MR) is 85.2 cm³/mol. The van der Waals surface area contributed by atoms with Crippen molar-refractivity contribution in [3.8, 4) is 0 Å². The fourth-order valence-corrected chi connectivity index (χ4v) is 3.54. The first-order chi connectivity index (χ1) is 9.21. The van der Waals surface area contributed by atoms with E-state index < -0.39 is 0 Å². The number of thiophene rings is 1. The number of hydrogen-bond acceptors (Lipinski definition) is 2. The van der Waals surface area contributed by atoms with Gasteiger partial charge in [0.2, 0.25) is 0 Å². The topological polar surface area (TPSA) is 12.0 Å². The van der Waals surface area contributed by atoms with Crippen LogP contribution >= 0.6 is 11.3 Å². The van der Waals surface area contributed by atoms with Gasteiger partial charge in [-0.3, -0.25) is 0 Å². The van der Waals surface area contributed by atoms with Gasteiger partial charge >= 0.3 is 0 Å². The molecule has 2 rings (SSSR count). The zero-order valence-electron chi connectivity index (χ0n) is 12.3. The molecule has 0 aliphatic carbocycles. The zero-order valence-corrected chi connectivity index (χ0v) is 13.1. The minimum absolute atomic E-state index is 0.308. The maximum atomic E-state index is 3.46. The Morgan fingerprint density at radius 3 is 2.37 bits per heavy atom. The maximum absolute atomic E-state index is 3.46. The summed E-state index contributed by atoms with van der Waals surface area (Å²) in [6.07, 6.45) is 2.22. The van der Waals surface area contributed by atoms with Gasteiger partial charge in [0.05, 0.1) is 6.04 Å². The Bertz CT molecular complexity index is 542. The molecule has 0 fully saturated rings. The molecule has 0 amide bonds. The fraction of sp³-hybridized carbons (Fsp3) is 0.412. The van der Waals surface area contributed by atoms with Crippen LogP contribution in [0.5, 0.6) is 0 Å². The SMILES string of the molecule is CCc1ccc(C(NC)c2cscc2C)cc1CC. The van der Waals surface area contributed by atoms with Crippen molar-refractivity contribution in [3.05, 3.63) is 56.8 Å². The van der Waals surface area contributed by atoms with E-state index in [-0.39, 0.29) is 0 Å². The summed E-state index contributed by atoms with van der Waals surface area (Å²) in [5.74, 6) is 0. The van der Waals surface area contributed by atoms with E-state index in [1.807, 2.05) is 7.05 Å². The van der Waals surface area contributed by atoms with E-state index in [0.29, 0.717) is 6.04 Å². The van der Waals surface area contributed by atoms with Crippen molar-refractivity contribution in [1.82, 2.24) is 5.32 Å². The van der Waals surface area contributed by atoms with Gasteiger partial charge in [-0.05, 0) is 65.4 Å². The van der Waals surface area contributed by atoms with Gasteiger partial charge in [-0.2, -0.15) is 11.3 Å². The average Bonchev–Trinajstić information content (AvgIpc) is 2.86. The van der Waals surface area contributed by atoms with Gasteiger partial charge in [0.25, 0.3) is 0 Å². The molecule has 0 spiro atoms. The highest BCUT2D eigenvalue weighted by Gasteiger charge is 2.15. The molecule has 1 aromatic heterocycles. The van der Waals surface area contributed by atoms with Crippen LogP contribution in [0.15, 0.2) is 29.0 Å². The van der Waals surface area contributed by atoms with Gasteiger partial charge in [-0.1, -0.05) is 32.0 Å². The van der Waals surface area contributed by atoms with E-state index >= 15 is 0 Å². The van der Waals surface area contributed by atoms with Crippen molar-refractivity contribution in [2.75, 3.05) is 7.05 Å². The molecule has 102 valence electrons. The molecule has 0 saturated carbocycles. The summed E-state index contributed by atoms with van der Waals surface area (Å²) in [7, 11) is 2.04. The highest BCUT2D eigenvalue weighted by molar-refractivity contribution is 7.08. The third-order valence-electron chi connectivity index (χ3n) is 3.82. The summed E-state index contributed by atoms with van der Waals surface area (Å²) in [4.78, 5) is 0. The monoisotopic (exact) mass is 273 g/mol. The average molecular weight is 273 g/mol. The van der Waals surface area contributed by atoms with E-state index in [9.17, 15) is 0 Å². The first-order valence-corrected chi connectivity index (χ1v) is 7.97. The molecule has 2 aromatic rings. The summed E-state index contributed by atoms with van der Waals surface area (Å²) >= 11 is 1.78. The van der Waals surface area contributed by atoms with Crippen LogP contribution in [0.2, 0.25) is 0 Å². The molecular weight excluding hydrogens is 250 g/mol. The Labute approximate surface area is 120 Å². The van der Waals surface area contributed by atoms with E-state index in [2.05, 4.69) is 55.0 Å². The molecule has 1 atom stereocenters. The molecule has 1 aromatic carbocycles. The standard InChI is InChI=1S/C17H23NS/c1-5-13-7-8-15(9-14(13)6-2)17(18-4)16-11-19-10-12(16)3/h7-11,17-18H,5-6H2,1-4H3. The van der Waals surface area contributed by atoms with Gasteiger partial charge < -0.3 is 5.32 Å². The second-order valence-corrected chi connectivity index (χ2v) is 5.71. The number of aryl methyl sites for hydroxylation is 3. The Morgan fingerprint density at radius 1 is 1.11 bits per heavy atom. The molecule has 0 bridgehead atoms. The van der Waals surface area contributed by atoms with Crippen LogP contribution < -0.4 is 5.32 Å². The first kappa shape index (κ1) is 14.3. The third kappa shape index (κ3) is 2.90. The van der Waals surface area contributed by atoms with Crippen molar-refractivity contribution in [3.63, 3.8) is 0 Å². The molecule has 0 aliphatic heterocycles. The third-order valence-corrected chi connectivity index (χ3v) is 4.70. The summed E-state index contributed by atoms with van der Waals surface area (Å²) < 4.78 is 0. The number of hydrogen-bond donors (Lipinski definition) is 1. The van der Waals surface area contributed by atoms with Crippen LogP contribution in [0.3, 0.4) is 0 Å². The molecule has 1 unspecified atom stereocenters. The van der Waals surface area contributed by atoms with Gasteiger partial charge in [0.15, 0.2) is 0 Å². The molecule has 0 radical (unpaired) electrons. The van der Waals surface area contributed by atoms with Crippen molar-refractivity contribution in [2.24, 2.45) is 0 Å². The normalized spacial score (nSPS) is 12.6. The summed E-state index contributed by atoms with van der Waals surface area (Å²) in [6.45, 7) is 6.66. The van der Waals surface area contributed by atoms with Gasteiger partial charge in [-0.15, -0.1) is 0 Å². The second kappa shape index (κ2) is 6.36. The Hall–Kier alpha value is -1.12. The number of nitrogens with one attached hydrogen (secondary N) is 1. The van der Waals surface area contributed by atoms with Crippen LogP contribution in [0.25, 0.3) is 0 Å². The largest absolute Gasteiger partial charge is 0.309 e. The smallest absolute Gasteiger partial charge is 0.0585 e. The molecule has 2 heteroatoms. The predicted octanol–water partition coefficient (Wildman–Crippen LogP) is 4.49. The first-order valence-electron chi connectivity index (χ1n) is 7.02. The van der Waals surface area contributed by atoms with Gasteiger partial charge in [0, 0.05) is 0 Å². The lowest BCUT2D eigenvalue weighted by atomic mass is 9.93. The van der Waals surface area contributed by atoms with Crippen LogP contribution in [0, 0.1) is 6.92 Å². The van der Waals surface area contributed by atoms with Crippen molar-refractivity contribution < 1.29 is 0 Å². The van der Waals surface area contributed by atoms with Gasteiger partial charge in [-0.25, -0.2) is 0 Å². The quantitative estimate of drug-likeness (QED) is 0.846. The van der Waals surface area contributed by atoms with Crippen molar-refractivity contribution in [1.29, 1.82) is 0 Å². The van der Waals surface area contributed by atoms with Crippen LogP contribution in [0.4, 0.5) is 0 Å². The molecule has 1 heterocycles. The van der Waals surface area contributed by atoms with Crippen molar-refractivity contribution >= 4 is 11.3 Å². The maximum Gasteiger partial charge on any atom is 0.0585 e. The lowest BCUT2D eigenvalue weighted by molar-refractivity contribution is 0.688. The fourth-order valence-electron chi connectivity index (χ4n) is 2.67. The van der Waals surface area contributed by atoms with Crippen LogP contribution in [0.1, 0.15) is 47.7 Å². The number of benzene rings is 1. The molecule has 1 N–H and O–H groups in total. The second-order valence-electron chi connectivity index (χ2n) is 4.97.